The molecular weight excluding hydrogens is 300 g/mol. The summed E-state index contributed by atoms with van der Waals surface area (Å²) in [6.07, 6.45) is 1.43. The molecule has 22 heavy (non-hydrogen) atoms. The Labute approximate surface area is 139 Å². The lowest BCUT2D eigenvalue weighted by molar-refractivity contribution is -0.147. The first-order chi connectivity index (χ1) is 9.98. The summed E-state index contributed by atoms with van der Waals surface area (Å²) in [6, 6.07) is 6.31. The number of hydrogen-bond donors (Lipinski definition) is 2. The number of rotatable bonds is 4. The van der Waals surface area contributed by atoms with Gasteiger partial charge in [0.15, 0.2) is 0 Å². The summed E-state index contributed by atoms with van der Waals surface area (Å²) in [7, 11) is 1.63. The van der Waals surface area contributed by atoms with E-state index in [1.807, 2.05) is 6.92 Å². The second-order valence-corrected chi connectivity index (χ2v) is 6.00. The summed E-state index contributed by atoms with van der Waals surface area (Å²) in [5.74, 6) is -0.000949. The first-order valence-electron chi connectivity index (χ1n) is 7.62. The molecule has 0 aromatic heterocycles. The monoisotopic (exact) mass is 326 g/mol. The highest BCUT2D eigenvalue weighted by atomic mass is 35.5. The molecule has 1 aliphatic rings. The molecule has 0 saturated carbocycles. The van der Waals surface area contributed by atoms with Gasteiger partial charge in [-0.2, -0.15) is 0 Å². The molecule has 1 aliphatic heterocycles. The van der Waals surface area contributed by atoms with Gasteiger partial charge in [0.25, 0.3) is 5.91 Å². The van der Waals surface area contributed by atoms with Gasteiger partial charge >= 0.3 is 0 Å². The maximum absolute atomic E-state index is 12.6. The zero-order chi connectivity index (χ0) is 15.5. The number of methoxy groups -OCH3 is 1. The summed E-state index contributed by atoms with van der Waals surface area (Å²) >= 11 is 0. The van der Waals surface area contributed by atoms with Gasteiger partial charge in [0.2, 0.25) is 0 Å². The number of halogens is 1. The fourth-order valence-electron chi connectivity index (χ4n) is 3.07. The van der Waals surface area contributed by atoms with E-state index in [-0.39, 0.29) is 24.4 Å². The average molecular weight is 327 g/mol. The van der Waals surface area contributed by atoms with Crippen molar-refractivity contribution in [2.45, 2.75) is 45.3 Å². The molecule has 0 radical (unpaired) electrons. The minimum absolute atomic E-state index is 0. The molecule has 1 amide bonds. The molecule has 1 atom stereocenters. The smallest absolute Gasteiger partial charge is 0.252 e. The van der Waals surface area contributed by atoms with Crippen molar-refractivity contribution in [3.8, 4) is 0 Å². The van der Waals surface area contributed by atoms with Gasteiger partial charge in [-0.3, -0.25) is 4.79 Å². The highest BCUT2D eigenvalue weighted by molar-refractivity contribution is 5.86. The molecule has 124 valence electrons. The largest absolute Gasteiger partial charge is 0.368 e. The van der Waals surface area contributed by atoms with Crippen LogP contribution in [0.1, 0.15) is 42.5 Å². The lowest BCUT2D eigenvalue weighted by atomic mass is 9.90. The number of benzene rings is 1. The summed E-state index contributed by atoms with van der Waals surface area (Å²) in [5.41, 5.74) is 2.92. The first kappa shape index (κ1) is 18.9. The predicted octanol–water partition coefficient (Wildman–Crippen LogP) is 2.67. The highest BCUT2D eigenvalue weighted by Crippen LogP contribution is 2.25. The quantitative estimate of drug-likeness (QED) is 0.894. The van der Waals surface area contributed by atoms with E-state index in [0.717, 1.165) is 31.5 Å². The van der Waals surface area contributed by atoms with Crippen molar-refractivity contribution < 1.29 is 9.53 Å². The Balaban J connectivity index is 0.00000242. The Kier molecular flexibility index (Phi) is 6.85. The molecule has 1 saturated heterocycles. The van der Waals surface area contributed by atoms with Crippen LogP contribution in [0.3, 0.4) is 0 Å². The predicted molar refractivity (Wildman–Crippen MR) is 91.6 cm³/mol. The van der Waals surface area contributed by atoms with Crippen molar-refractivity contribution in [1.29, 1.82) is 0 Å². The number of nitrogens with one attached hydrogen (secondary N) is 2. The third-order valence-corrected chi connectivity index (χ3v) is 4.46. The van der Waals surface area contributed by atoms with Crippen molar-refractivity contribution in [2.75, 3.05) is 20.2 Å². The zero-order valence-corrected chi connectivity index (χ0v) is 14.7. The van der Waals surface area contributed by atoms with E-state index < -0.39 is 5.60 Å². The summed E-state index contributed by atoms with van der Waals surface area (Å²) < 4.78 is 5.57. The second kappa shape index (κ2) is 7.95. The van der Waals surface area contributed by atoms with Crippen LogP contribution in [0, 0.1) is 13.8 Å². The fourth-order valence-corrected chi connectivity index (χ4v) is 3.07. The maximum Gasteiger partial charge on any atom is 0.252 e. The molecule has 0 spiro atoms. The Morgan fingerprint density at radius 1 is 1.32 bits per heavy atom. The Morgan fingerprint density at radius 3 is 2.50 bits per heavy atom. The molecule has 4 nitrogen and oxygen atoms in total. The third kappa shape index (κ3) is 4.00. The minimum Gasteiger partial charge on any atom is -0.368 e. The van der Waals surface area contributed by atoms with Gasteiger partial charge in [0.1, 0.15) is 5.60 Å². The van der Waals surface area contributed by atoms with E-state index in [4.69, 9.17) is 4.74 Å². The molecule has 1 heterocycles. The van der Waals surface area contributed by atoms with Gasteiger partial charge in [-0.1, -0.05) is 23.8 Å². The third-order valence-electron chi connectivity index (χ3n) is 4.46. The van der Waals surface area contributed by atoms with Crippen molar-refractivity contribution in [1.82, 2.24) is 10.6 Å². The molecule has 1 aromatic rings. The van der Waals surface area contributed by atoms with Crippen LogP contribution in [0.15, 0.2) is 18.2 Å². The van der Waals surface area contributed by atoms with Crippen molar-refractivity contribution >= 4 is 18.3 Å². The lowest BCUT2D eigenvalue weighted by Crippen LogP contribution is -2.54. The van der Waals surface area contributed by atoms with Gasteiger partial charge < -0.3 is 15.4 Å². The second-order valence-electron chi connectivity index (χ2n) is 6.00. The Bertz CT molecular complexity index is 513. The van der Waals surface area contributed by atoms with Crippen LogP contribution in [-0.4, -0.2) is 31.7 Å². The van der Waals surface area contributed by atoms with Crippen molar-refractivity contribution in [3.63, 3.8) is 0 Å². The van der Waals surface area contributed by atoms with Gasteiger partial charge in [0, 0.05) is 7.11 Å². The number of ether oxygens (including phenoxy) is 1. The van der Waals surface area contributed by atoms with E-state index >= 15 is 0 Å². The van der Waals surface area contributed by atoms with Crippen LogP contribution >= 0.6 is 12.4 Å². The normalized spacial score (nSPS) is 18.2. The van der Waals surface area contributed by atoms with Crippen LogP contribution in [0.4, 0.5) is 0 Å². The molecule has 1 aromatic carbocycles. The maximum atomic E-state index is 12.6. The molecule has 0 bridgehead atoms. The van der Waals surface area contributed by atoms with Crippen LogP contribution in [0.2, 0.25) is 0 Å². The zero-order valence-electron chi connectivity index (χ0n) is 13.9. The SMILES string of the molecule is COC1(C(=O)NC(C)c2ccc(C)cc2C)CCNCC1.Cl. The lowest BCUT2D eigenvalue weighted by Gasteiger charge is -2.35. The van der Waals surface area contributed by atoms with E-state index in [9.17, 15) is 4.79 Å². The van der Waals surface area contributed by atoms with E-state index in [1.165, 1.54) is 11.1 Å². The molecule has 1 fully saturated rings. The number of piperidine rings is 1. The molecule has 5 heteroatoms. The van der Waals surface area contributed by atoms with Gasteiger partial charge in [-0.15, -0.1) is 12.4 Å². The molecule has 1 unspecified atom stereocenters. The Hall–Kier alpha value is -1.10. The first-order valence-corrected chi connectivity index (χ1v) is 7.62. The number of carbonyl (C=O) groups is 1. The van der Waals surface area contributed by atoms with Crippen molar-refractivity contribution in [3.05, 3.63) is 34.9 Å². The standard InChI is InChI=1S/C17H26N2O2.ClH/c1-12-5-6-15(13(2)11-12)14(3)19-16(20)17(21-4)7-9-18-10-8-17;/h5-6,11,14,18H,7-10H2,1-4H3,(H,19,20);1H. The van der Waals surface area contributed by atoms with E-state index in [2.05, 4.69) is 42.7 Å². The van der Waals surface area contributed by atoms with Crippen molar-refractivity contribution in [2.24, 2.45) is 0 Å². The van der Waals surface area contributed by atoms with E-state index in [1.54, 1.807) is 7.11 Å². The average Bonchev–Trinajstić information content (AvgIpc) is 2.47. The summed E-state index contributed by atoms with van der Waals surface area (Å²) in [5, 5.41) is 6.40. The molecular formula is C17H27ClN2O2. The van der Waals surface area contributed by atoms with Crippen LogP contribution < -0.4 is 10.6 Å². The summed E-state index contributed by atoms with van der Waals surface area (Å²) in [6.45, 7) is 7.83. The molecule has 2 rings (SSSR count). The number of hydrogen-bond acceptors (Lipinski definition) is 3. The van der Waals surface area contributed by atoms with Crippen LogP contribution in [0.5, 0.6) is 0 Å². The van der Waals surface area contributed by atoms with Gasteiger partial charge in [-0.25, -0.2) is 0 Å². The number of carbonyl (C=O) groups excluding carboxylic acids is 1. The van der Waals surface area contributed by atoms with Gasteiger partial charge in [-0.05, 0) is 57.8 Å². The topological polar surface area (TPSA) is 50.4 Å². The molecule has 0 aliphatic carbocycles. The highest BCUT2D eigenvalue weighted by Gasteiger charge is 2.40. The minimum atomic E-state index is -0.682. The number of amides is 1. The van der Waals surface area contributed by atoms with Crippen LogP contribution in [-0.2, 0) is 9.53 Å². The van der Waals surface area contributed by atoms with E-state index in [0.29, 0.717) is 0 Å². The van der Waals surface area contributed by atoms with Gasteiger partial charge in [0.05, 0.1) is 6.04 Å². The summed E-state index contributed by atoms with van der Waals surface area (Å²) in [4.78, 5) is 12.6. The Morgan fingerprint density at radius 2 is 1.95 bits per heavy atom. The molecule has 2 N–H and O–H groups in total. The number of aryl methyl sites for hydroxylation is 2. The van der Waals surface area contributed by atoms with Crippen LogP contribution in [0.25, 0.3) is 0 Å². The fraction of sp³-hybridized carbons (Fsp3) is 0.588.